The van der Waals surface area contributed by atoms with Gasteiger partial charge in [-0.1, -0.05) is 0 Å². The molecule has 0 radical (unpaired) electrons. The van der Waals surface area contributed by atoms with Crippen LogP contribution in [0.5, 0.6) is 0 Å². The van der Waals surface area contributed by atoms with Crippen LogP contribution in [0.2, 0.25) is 0 Å². The van der Waals surface area contributed by atoms with E-state index in [9.17, 15) is 4.79 Å². The summed E-state index contributed by atoms with van der Waals surface area (Å²) in [5, 5.41) is 7.61. The van der Waals surface area contributed by atoms with Crippen molar-refractivity contribution in [2.24, 2.45) is 7.05 Å². The fraction of sp³-hybridized carbons (Fsp3) is 0.667. The molecule has 0 spiro atoms. The van der Waals surface area contributed by atoms with Crippen molar-refractivity contribution in [3.63, 3.8) is 0 Å². The highest BCUT2D eigenvalue weighted by Gasteiger charge is 2.28. The highest BCUT2D eigenvalue weighted by Crippen LogP contribution is 2.12. The van der Waals surface area contributed by atoms with Crippen LogP contribution in [0, 0.1) is 6.92 Å². The second-order valence-corrected chi connectivity index (χ2v) is 4.91. The third-order valence-electron chi connectivity index (χ3n) is 3.36. The maximum absolute atomic E-state index is 12.3. The summed E-state index contributed by atoms with van der Waals surface area (Å²) < 4.78 is 1.74. The van der Waals surface area contributed by atoms with E-state index in [1.807, 2.05) is 24.9 Å². The van der Waals surface area contributed by atoms with Crippen LogP contribution in [0.15, 0.2) is 6.07 Å². The molecule has 5 heteroatoms. The van der Waals surface area contributed by atoms with E-state index in [1.54, 1.807) is 4.68 Å². The zero-order valence-electron chi connectivity index (χ0n) is 10.9. The van der Waals surface area contributed by atoms with Gasteiger partial charge in [0, 0.05) is 37.9 Å². The summed E-state index contributed by atoms with van der Waals surface area (Å²) in [6, 6.07) is 2.42. The minimum atomic E-state index is 0.0366. The smallest absolute Gasteiger partial charge is 0.274 e. The minimum absolute atomic E-state index is 0.0366. The molecule has 5 nitrogen and oxygen atoms in total. The molecule has 2 unspecified atom stereocenters. The molecule has 17 heavy (non-hydrogen) atoms. The molecule has 1 N–H and O–H groups in total. The lowest BCUT2D eigenvalue weighted by Crippen LogP contribution is -2.56. The number of carbonyl (C=O) groups excluding carboxylic acids is 1. The van der Waals surface area contributed by atoms with E-state index in [-0.39, 0.29) is 11.9 Å². The van der Waals surface area contributed by atoms with E-state index >= 15 is 0 Å². The normalized spacial score (nSPS) is 25.1. The number of nitrogens with one attached hydrogen (secondary N) is 1. The highest BCUT2D eigenvalue weighted by atomic mass is 16.2. The summed E-state index contributed by atoms with van der Waals surface area (Å²) in [6.45, 7) is 7.70. The molecule has 1 saturated heterocycles. The van der Waals surface area contributed by atoms with Crippen LogP contribution >= 0.6 is 0 Å². The quantitative estimate of drug-likeness (QED) is 0.774. The van der Waals surface area contributed by atoms with E-state index < -0.39 is 0 Å². The molecule has 2 atom stereocenters. The Morgan fingerprint density at radius 1 is 1.53 bits per heavy atom. The second kappa shape index (κ2) is 4.49. The molecule has 2 heterocycles. The molecular weight excluding hydrogens is 216 g/mol. The number of rotatable bonds is 1. The van der Waals surface area contributed by atoms with Gasteiger partial charge >= 0.3 is 0 Å². The molecule has 1 aromatic rings. The second-order valence-electron chi connectivity index (χ2n) is 4.91. The van der Waals surface area contributed by atoms with Crippen LogP contribution in [-0.4, -0.2) is 45.8 Å². The lowest BCUT2D eigenvalue weighted by Gasteiger charge is -2.37. The first-order valence-corrected chi connectivity index (χ1v) is 6.04. The van der Waals surface area contributed by atoms with Gasteiger partial charge in [0.25, 0.3) is 5.91 Å². The maximum atomic E-state index is 12.3. The zero-order valence-corrected chi connectivity index (χ0v) is 10.9. The molecule has 0 bridgehead atoms. The maximum Gasteiger partial charge on any atom is 0.274 e. The Labute approximate surface area is 102 Å². The number of carbonyl (C=O) groups is 1. The summed E-state index contributed by atoms with van der Waals surface area (Å²) in [6.07, 6.45) is 0. The summed E-state index contributed by atoms with van der Waals surface area (Å²) in [5.41, 5.74) is 1.55. The summed E-state index contributed by atoms with van der Waals surface area (Å²) in [4.78, 5) is 14.2. The van der Waals surface area contributed by atoms with Crippen LogP contribution in [0.1, 0.15) is 30.0 Å². The van der Waals surface area contributed by atoms with Crippen LogP contribution < -0.4 is 5.32 Å². The predicted octanol–water partition coefficient (Wildman–Crippen LogP) is 0.551. The number of hydrogen-bond acceptors (Lipinski definition) is 3. The Hall–Kier alpha value is -1.36. The number of aromatic nitrogens is 2. The van der Waals surface area contributed by atoms with Crippen LogP contribution in [-0.2, 0) is 7.05 Å². The lowest BCUT2D eigenvalue weighted by molar-refractivity contribution is 0.0609. The van der Waals surface area contributed by atoms with E-state index in [4.69, 9.17) is 0 Å². The van der Waals surface area contributed by atoms with Crippen molar-refractivity contribution < 1.29 is 4.79 Å². The Bertz CT molecular complexity index is 407. The van der Waals surface area contributed by atoms with E-state index in [0.29, 0.717) is 11.7 Å². The Morgan fingerprint density at radius 2 is 2.24 bits per heavy atom. The summed E-state index contributed by atoms with van der Waals surface area (Å²) in [7, 11) is 1.86. The minimum Gasteiger partial charge on any atom is -0.332 e. The van der Waals surface area contributed by atoms with Crippen molar-refractivity contribution in [2.45, 2.75) is 32.9 Å². The molecule has 1 aliphatic heterocycles. The molecule has 1 fully saturated rings. The molecule has 2 rings (SSSR count). The summed E-state index contributed by atoms with van der Waals surface area (Å²) >= 11 is 0. The molecule has 94 valence electrons. The average molecular weight is 236 g/mol. The van der Waals surface area contributed by atoms with Gasteiger partial charge in [-0.05, 0) is 26.8 Å². The third kappa shape index (κ3) is 2.34. The van der Waals surface area contributed by atoms with Crippen molar-refractivity contribution >= 4 is 5.91 Å². The predicted molar refractivity (Wildman–Crippen MR) is 65.9 cm³/mol. The van der Waals surface area contributed by atoms with Crippen molar-refractivity contribution in [3.8, 4) is 0 Å². The van der Waals surface area contributed by atoms with Gasteiger partial charge in [-0.25, -0.2) is 0 Å². The molecule has 0 aliphatic carbocycles. The molecule has 1 amide bonds. The van der Waals surface area contributed by atoms with E-state index in [2.05, 4.69) is 24.3 Å². The van der Waals surface area contributed by atoms with E-state index in [1.165, 1.54) is 0 Å². The van der Waals surface area contributed by atoms with Crippen molar-refractivity contribution in [2.75, 3.05) is 13.1 Å². The Morgan fingerprint density at radius 3 is 2.82 bits per heavy atom. The van der Waals surface area contributed by atoms with E-state index in [0.717, 1.165) is 18.8 Å². The SMILES string of the molecule is Cc1cc(C(=O)N2CC(C)NCC2C)nn1C. The number of nitrogens with zero attached hydrogens (tertiary/aromatic N) is 3. The fourth-order valence-corrected chi connectivity index (χ4v) is 2.12. The monoisotopic (exact) mass is 236 g/mol. The lowest BCUT2D eigenvalue weighted by atomic mass is 10.1. The molecule has 1 aromatic heterocycles. The van der Waals surface area contributed by atoms with Gasteiger partial charge in [0.05, 0.1) is 0 Å². The standard InChI is InChI=1S/C12H20N4O/c1-8-7-16(10(3)6-13-8)12(17)11-5-9(2)15(4)14-11/h5,8,10,13H,6-7H2,1-4H3. The highest BCUT2D eigenvalue weighted by molar-refractivity contribution is 5.92. The number of aryl methyl sites for hydroxylation is 2. The number of hydrogen-bond donors (Lipinski definition) is 1. The van der Waals surface area contributed by atoms with Crippen LogP contribution in [0.4, 0.5) is 0 Å². The van der Waals surface area contributed by atoms with Gasteiger partial charge in [0.15, 0.2) is 5.69 Å². The van der Waals surface area contributed by atoms with Gasteiger partial charge in [-0.15, -0.1) is 0 Å². The van der Waals surface area contributed by atoms with Crippen molar-refractivity contribution in [1.29, 1.82) is 0 Å². The summed E-state index contributed by atoms with van der Waals surface area (Å²) in [5.74, 6) is 0.0366. The van der Waals surface area contributed by atoms with Crippen molar-refractivity contribution in [3.05, 3.63) is 17.5 Å². The van der Waals surface area contributed by atoms with Crippen LogP contribution in [0.3, 0.4) is 0 Å². The zero-order chi connectivity index (χ0) is 12.6. The van der Waals surface area contributed by atoms with Crippen molar-refractivity contribution in [1.82, 2.24) is 20.0 Å². The van der Waals surface area contributed by atoms with Crippen LogP contribution in [0.25, 0.3) is 0 Å². The first-order chi connectivity index (χ1) is 7.99. The fourth-order valence-electron chi connectivity index (χ4n) is 2.12. The van der Waals surface area contributed by atoms with Gasteiger partial charge < -0.3 is 10.2 Å². The van der Waals surface area contributed by atoms with Gasteiger partial charge in [-0.2, -0.15) is 5.10 Å². The Kier molecular flexibility index (Phi) is 3.19. The molecule has 1 aliphatic rings. The van der Waals surface area contributed by atoms with Gasteiger partial charge in [0.2, 0.25) is 0 Å². The first-order valence-electron chi connectivity index (χ1n) is 6.04. The first kappa shape index (κ1) is 12.1. The van der Waals surface area contributed by atoms with Gasteiger partial charge in [-0.3, -0.25) is 9.48 Å². The molecule has 0 aromatic carbocycles. The average Bonchev–Trinajstić information content (AvgIpc) is 2.62. The largest absolute Gasteiger partial charge is 0.332 e. The third-order valence-corrected chi connectivity index (χ3v) is 3.36. The Balaban J connectivity index is 2.18. The topological polar surface area (TPSA) is 50.2 Å². The van der Waals surface area contributed by atoms with Gasteiger partial charge in [0.1, 0.15) is 0 Å². The molecular formula is C12H20N4O. The number of piperazine rings is 1. The number of amides is 1. The molecule has 0 saturated carbocycles.